The standard InChI is InChI=1S/C30H41N3O2Si/c1-9-27(33-17-16-31-29(33)22(3)35-36(7,8)30(4,5)6)26-20-28(34-32-26)25-14-12-23(13-15-25)10-11-24-18-21(2)19-24/h12-17,20-22,24,27H,9,18-19H2,1-8H3/t21?,22-,24?,27+/m0/s1. The number of benzene rings is 1. The van der Waals surface area contributed by atoms with Crippen LogP contribution < -0.4 is 0 Å². The van der Waals surface area contributed by atoms with Crippen LogP contribution in [0.15, 0.2) is 47.2 Å². The van der Waals surface area contributed by atoms with Crippen LogP contribution in [0.1, 0.15) is 90.0 Å². The predicted molar refractivity (Wildman–Crippen MR) is 148 cm³/mol. The lowest BCUT2D eigenvalue weighted by atomic mass is 9.76. The molecule has 2 heterocycles. The molecule has 1 aliphatic carbocycles. The van der Waals surface area contributed by atoms with Crippen molar-refractivity contribution in [3.05, 3.63) is 59.8 Å². The van der Waals surface area contributed by atoms with Crippen LogP contribution in [0, 0.1) is 23.7 Å². The Bertz CT molecular complexity index is 1220. The lowest BCUT2D eigenvalue weighted by Crippen LogP contribution is -2.41. The second-order valence-electron chi connectivity index (χ2n) is 11.9. The third-order valence-electron chi connectivity index (χ3n) is 7.90. The summed E-state index contributed by atoms with van der Waals surface area (Å²) in [6.07, 6.45) is 7.11. The van der Waals surface area contributed by atoms with E-state index in [1.54, 1.807) is 0 Å². The van der Waals surface area contributed by atoms with Gasteiger partial charge in [0.2, 0.25) is 0 Å². The van der Waals surface area contributed by atoms with Gasteiger partial charge in [-0.2, -0.15) is 0 Å². The molecule has 1 aliphatic rings. The summed E-state index contributed by atoms with van der Waals surface area (Å²) in [4.78, 5) is 4.68. The van der Waals surface area contributed by atoms with Gasteiger partial charge in [-0.1, -0.05) is 51.6 Å². The molecule has 5 nitrogen and oxygen atoms in total. The molecule has 0 N–H and O–H groups in total. The number of hydrogen-bond donors (Lipinski definition) is 0. The quantitative estimate of drug-likeness (QED) is 0.242. The largest absolute Gasteiger partial charge is 0.407 e. The summed E-state index contributed by atoms with van der Waals surface area (Å²) < 4.78 is 14.6. The Morgan fingerprint density at radius 2 is 1.89 bits per heavy atom. The summed E-state index contributed by atoms with van der Waals surface area (Å²) in [7, 11) is -1.93. The third kappa shape index (κ3) is 5.68. The predicted octanol–water partition coefficient (Wildman–Crippen LogP) is 8.02. The van der Waals surface area contributed by atoms with E-state index in [0.717, 1.165) is 40.7 Å². The normalized spacial score (nSPS) is 19.8. The maximum atomic E-state index is 6.65. The molecular formula is C30H41N3O2Si. The summed E-state index contributed by atoms with van der Waals surface area (Å²) >= 11 is 0. The first-order valence-electron chi connectivity index (χ1n) is 13.3. The Kier molecular flexibility index (Phi) is 7.63. The highest BCUT2D eigenvalue weighted by atomic mass is 28.4. The molecule has 1 saturated carbocycles. The molecule has 6 heteroatoms. The van der Waals surface area contributed by atoms with Crippen molar-refractivity contribution >= 4 is 8.32 Å². The molecule has 0 unspecified atom stereocenters. The van der Waals surface area contributed by atoms with Gasteiger partial charge in [-0.05, 0) is 74.5 Å². The Morgan fingerprint density at radius 3 is 2.50 bits per heavy atom. The summed E-state index contributed by atoms with van der Waals surface area (Å²) in [5.41, 5.74) is 2.95. The average molecular weight is 504 g/mol. The average Bonchev–Trinajstić information content (AvgIpc) is 3.47. The molecule has 2 aromatic heterocycles. The van der Waals surface area contributed by atoms with Gasteiger partial charge < -0.3 is 13.5 Å². The summed E-state index contributed by atoms with van der Waals surface area (Å²) in [5.74, 6) is 9.81. The summed E-state index contributed by atoms with van der Waals surface area (Å²) in [6.45, 7) is 17.9. The van der Waals surface area contributed by atoms with Gasteiger partial charge in [0, 0.05) is 35.5 Å². The highest BCUT2D eigenvalue weighted by Crippen LogP contribution is 2.40. The van der Waals surface area contributed by atoms with Crippen LogP contribution in [0.3, 0.4) is 0 Å². The maximum Gasteiger partial charge on any atom is 0.193 e. The van der Waals surface area contributed by atoms with Gasteiger partial charge >= 0.3 is 0 Å². The van der Waals surface area contributed by atoms with E-state index in [1.165, 1.54) is 12.8 Å². The molecule has 36 heavy (non-hydrogen) atoms. The molecule has 3 aromatic rings. The topological polar surface area (TPSA) is 53.1 Å². The first kappa shape index (κ1) is 26.4. The second-order valence-corrected chi connectivity index (χ2v) is 16.6. The molecule has 192 valence electrons. The van der Waals surface area contributed by atoms with Crippen molar-refractivity contribution in [1.29, 1.82) is 0 Å². The number of imidazole rings is 1. The first-order chi connectivity index (χ1) is 17.0. The molecule has 4 rings (SSSR count). The molecule has 0 spiro atoms. The lowest BCUT2D eigenvalue weighted by molar-refractivity contribution is 0.186. The molecule has 0 amide bonds. The minimum Gasteiger partial charge on any atom is -0.407 e. The zero-order valence-corrected chi connectivity index (χ0v) is 24.1. The van der Waals surface area contributed by atoms with Gasteiger partial charge in [0.05, 0.1) is 6.04 Å². The number of nitrogens with zero attached hydrogens (tertiary/aromatic N) is 3. The van der Waals surface area contributed by atoms with Crippen LogP contribution in [0.2, 0.25) is 18.1 Å². The Morgan fingerprint density at radius 1 is 1.19 bits per heavy atom. The summed E-state index contributed by atoms with van der Waals surface area (Å²) in [5, 5.41) is 4.60. The van der Waals surface area contributed by atoms with Crippen molar-refractivity contribution in [3.63, 3.8) is 0 Å². The van der Waals surface area contributed by atoms with Crippen LogP contribution in [0.25, 0.3) is 11.3 Å². The van der Waals surface area contributed by atoms with Crippen molar-refractivity contribution in [2.75, 3.05) is 0 Å². The van der Waals surface area contributed by atoms with Crippen molar-refractivity contribution in [2.24, 2.45) is 11.8 Å². The van der Waals surface area contributed by atoms with E-state index in [0.29, 0.717) is 5.92 Å². The number of rotatable bonds is 7. The fraction of sp³-hybridized carbons (Fsp3) is 0.533. The van der Waals surface area contributed by atoms with Crippen LogP contribution in [0.5, 0.6) is 0 Å². The van der Waals surface area contributed by atoms with E-state index in [9.17, 15) is 0 Å². The molecule has 1 fully saturated rings. The zero-order valence-electron chi connectivity index (χ0n) is 23.1. The van der Waals surface area contributed by atoms with Crippen molar-refractivity contribution in [1.82, 2.24) is 14.7 Å². The van der Waals surface area contributed by atoms with Crippen molar-refractivity contribution in [3.8, 4) is 23.2 Å². The maximum absolute atomic E-state index is 6.65. The molecular weight excluding hydrogens is 462 g/mol. The van der Waals surface area contributed by atoms with Crippen LogP contribution in [-0.4, -0.2) is 23.0 Å². The smallest absolute Gasteiger partial charge is 0.193 e. The lowest BCUT2D eigenvalue weighted by Gasteiger charge is -2.38. The fourth-order valence-corrected chi connectivity index (χ4v) is 5.97. The van der Waals surface area contributed by atoms with E-state index in [1.807, 2.05) is 18.5 Å². The van der Waals surface area contributed by atoms with Crippen LogP contribution >= 0.6 is 0 Å². The molecule has 0 radical (unpaired) electrons. The summed E-state index contributed by atoms with van der Waals surface area (Å²) in [6, 6.07) is 10.3. The zero-order chi connectivity index (χ0) is 26.1. The Hall–Kier alpha value is -2.62. The molecule has 2 atom stereocenters. The molecule has 0 aliphatic heterocycles. The van der Waals surface area contributed by atoms with Gasteiger partial charge in [0.25, 0.3) is 0 Å². The highest BCUT2D eigenvalue weighted by Gasteiger charge is 2.39. The minimum atomic E-state index is -1.93. The van der Waals surface area contributed by atoms with Gasteiger partial charge in [-0.3, -0.25) is 0 Å². The monoisotopic (exact) mass is 503 g/mol. The minimum absolute atomic E-state index is 0.0282. The molecule has 0 saturated heterocycles. The first-order valence-corrected chi connectivity index (χ1v) is 16.2. The van der Waals surface area contributed by atoms with Crippen LogP contribution in [-0.2, 0) is 4.43 Å². The number of hydrogen-bond acceptors (Lipinski definition) is 4. The van der Waals surface area contributed by atoms with Crippen LogP contribution in [0.4, 0.5) is 0 Å². The second kappa shape index (κ2) is 10.4. The highest BCUT2D eigenvalue weighted by molar-refractivity contribution is 6.74. The van der Waals surface area contributed by atoms with E-state index in [2.05, 4.69) is 105 Å². The van der Waals surface area contributed by atoms with E-state index < -0.39 is 8.32 Å². The van der Waals surface area contributed by atoms with Crippen molar-refractivity contribution in [2.45, 2.75) is 91.1 Å². The van der Waals surface area contributed by atoms with E-state index in [4.69, 9.17) is 8.95 Å². The van der Waals surface area contributed by atoms with Gasteiger partial charge in [0.1, 0.15) is 17.6 Å². The molecule has 0 bridgehead atoms. The van der Waals surface area contributed by atoms with Crippen molar-refractivity contribution < 1.29 is 8.95 Å². The van der Waals surface area contributed by atoms with Gasteiger partial charge in [-0.15, -0.1) is 0 Å². The molecule has 1 aromatic carbocycles. The van der Waals surface area contributed by atoms with Gasteiger partial charge in [-0.25, -0.2) is 4.98 Å². The third-order valence-corrected chi connectivity index (χ3v) is 12.5. The van der Waals surface area contributed by atoms with Gasteiger partial charge in [0.15, 0.2) is 14.1 Å². The fourth-order valence-electron chi connectivity index (χ4n) is 4.63. The Balaban J connectivity index is 1.50. The Labute approximate surface area is 217 Å². The number of aromatic nitrogens is 3. The van der Waals surface area contributed by atoms with E-state index >= 15 is 0 Å². The van der Waals surface area contributed by atoms with E-state index in [-0.39, 0.29) is 17.2 Å². The SMILES string of the molecule is CC[C@H](c1cc(-c2ccc(C#CC3CC(C)C3)cc2)on1)n1ccnc1[C@H](C)O[Si](C)(C)C(C)(C)C.